The molecule has 2 nitrogen and oxygen atoms in total. The number of fused-ring (bicyclic) bond motifs is 16. The average Bonchev–Trinajstić information content (AvgIpc) is 4.10. The number of para-hydroxylation sites is 2. The molecule has 0 spiro atoms. The molecule has 0 atom stereocenters. The molecule has 70 heavy (non-hydrogen) atoms. The molecular weight excluding hydrogens is 849 g/mol. The van der Waals surface area contributed by atoms with E-state index in [9.17, 15) is 0 Å². The molecule has 2 heteroatoms. The summed E-state index contributed by atoms with van der Waals surface area (Å²) in [7, 11) is 0. The van der Waals surface area contributed by atoms with Gasteiger partial charge in [0.25, 0.3) is 0 Å². The van der Waals surface area contributed by atoms with E-state index in [1.807, 2.05) is 0 Å². The molecule has 2 aliphatic rings. The summed E-state index contributed by atoms with van der Waals surface area (Å²) < 4.78 is 14.1. The van der Waals surface area contributed by atoms with Crippen molar-refractivity contribution in [3.8, 4) is 66.8 Å². The highest BCUT2D eigenvalue weighted by Crippen LogP contribution is 2.61. The van der Waals surface area contributed by atoms with E-state index in [1.54, 1.807) is 0 Å². The van der Waals surface area contributed by atoms with E-state index in [4.69, 9.17) is 8.83 Å². The van der Waals surface area contributed by atoms with Crippen LogP contribution in [0.25, 0.3) is 132 Å². The molecule has 2 heterocycles. The number of rotatable bonds is 4. The van der Waals surface area contributed by atoms with Gasteiger partial charge in [0.05, 0.1) is 0 Å². The Hall–Kier alpha value is -8.46. The van der Waals surface area contributed by atoms with Crippen LogP contribution in [0.4, 0.5) is 0 Å². The zero-order valence-corrected chi connectivity index (χ0v) is 39.4. The summed E-state index contributed by atoms with van der Waals surface area (Å²) in [6.07, 6.45) is 0. The van der Waals surface area contributed by atoms with Crippen LogP contribution < -0.4 is 0 Å². The smallest absolute Gasteiger partial charge is 0.144 e. The summed E-state index contributed by atoms with van der Waals surface area (Å²) in [6.45, 7) is 9.63. The van der Waals surface area contributed by atoms with Gasteiger partial charge in [0.15, 0.2) is 0 Å². The second-order valence-corrected chi connectivity index (χ2v) is 20.7. The fourth-order valence-electron chi connectivity index (χ4n) is 12.7. The van der Waals surface area contributed by atoms with Gasteiger partial charge < -0.3 is 8.83 Å². The van der Waals surface area contributed by atoms with Gasteiger partial charge in [-0.05, 0) is 136 Å². The van der Waals surface area contributed by atoms with Crippen LogP contribution in [0.1, 0.15) is 49.9 Å². The first-order valence-corrected chi connectivity index (χ1v) is 24.6. The highest BCUT2D eigenvalue weighted by molar-refractivity contribution is 6.21. The lowest BCUT2D eigenvalue weighted by Crippen LogP contribution is -2.17. The highest BCUT2D eigenvalue weighted by Gasteiger charge is 2.45. The third kappa shape index (κ3) is 5.34. The van der Waals surface area contributed by atoms with Crippen molar-refractivity contribution in [2.75, 3.05) is 0 Å². The Kier molecular flexibility index (Phi) is 7.94. The molecular formula is C68H46O2. The third-order valence-electron chi connectivity index (χ3n) is 16.3. The molecule has 0 bridgehead atoms. The molecule has 11 aromatic carbocycles. The van der Waals surface area contributed by atoms with Gasteiger partial charge in [-0.15, -0.1) is 0 Å². The summed E-state index contributed by atoms with van der Waals surface area (Å²) in [5.74, 6) is 0. The van der Waals surface area contributed by atoms with Crippen molar-refractivity contribution in [2.24, 2.45) is 0 Å². The Balaban J connectivity index is 0.912. The van der Waals surface area contributed by atoms with Gasteiger partial charge in [-0.2, -0.15) is 0 Å². The number of furan rings is 2. The minimum absolute atomic E-state index is 0.310. The maximum Gasteiger partial charge on any atom is 0.144 e. The number of benzene rings is 11. The molecule has 2 aliphatic carbocycles. The molecule has 2 aromatic heterocycles. The normalized spacial score (nSPS) is 14.2. The van der Waals surface area contributed by atoms with Crippen LogP contribution in [0.15, 0.2) is 215 Å². The van der Waals surface area contributed by atoms with Crippen molar-refractivity contribution < 1.29 is 8.83 Å². The molecule has 0 radical (unpaired) electrons. The SMILES string of the molecule is CC1(C)c2cc3c(cc2-c2c1cc(-c1ccc(-c4cccc5ccccc45)cc1)c1c2oc2ccccc21)C(C)(C)c1cc(-c2ccc(-c4cccc5ccccc45)cc2)c2oc4ccccc4c2c1-3. The molecule has 0 saturated heterocycles. The summed E-state index contributed by atoms with van der Waals surface area (Å²) >= 11 is 0. The number of hydrogen-bond donors (Lipinski definition) is 0. The monoisotopic (exact) mass is 894 g/mol. The Morgan fingerprint density at radius 1 is 0.286 bits per heavy atom. The molecule has 0 aliphatic heterocycles. The molecule has 0 fully saturated rings. The predicted octanol–water partition coefficient (Wildman–Crippen LogP) is 19.1. The van der Waals surface area contributed by atoms with E-state index in [-0.39, 0.29) is 10.8 Å². The van der Waals surface area contributed by atoms with Crippen LogP contribution >= 0.6 is 0 Å². The van der Waals surface area contributed by atoms with Crippen molar-refractivity contribution in [3.05, 3.63) is 229 Å². The quantitative estimate of drug-likeness (QED) is 0.176. The molecule has 0 unspecified atom stereocenters. The van der Waals surface area contributed by atoms with Gasteiger partial charge in [0.2, 0.25) is 0 Å². The molecule has 330 valence electrons. The maximum atomic E-state index is 7.09. The first kappa shape index (κ1) is 39.5. The summed E-state index contributed by atoms with van der Waals surface area (Å²) in [5, 5.41) is 9.67. The van der Waals surface area contributed by atoms with Crippen LogP contribution in [-0.2, 0) is 10.8 Å². The Bertz CT molecular complexity index is 4370. The van der Waals surface area contributed by atoms with Crippen molar-refractivity contribution in [3.63, 3.8) is 0 Å². The first-order valence-electron chi connectivity index (χ1n) is 24.6. The predicted molar refractivity (Wildman–Crippen MR) is 293 cm³/mol. The van der Waals surface area contributed by atoms with Crippen LogP contribution in [0.5, 0.6) is 0 Å². The minimum atomic E-state index is -0.319. The summed E-state index contributed by atoms with van der Waals surface area (Å²) in [5.41, 5.74) is 23.0. The minimum Gasteiger partial charge on any atom is -0.455 e. The van der Waals surface area contributed by atoms with Gasteiger partial charge in [-0.25, -0.2) is 0 Å². The maximum absolute atomic E-state index is 7.09. The van der Waals surface area contributed by atoms with Crippen molar-refractivity contribution in [2.45, 2.75) is 38.5 Å². The molecule has 0 amide bonds. The second kappa shape index (κ2) is 14.1. The summed E-state index contributed by atoms with van der Waals surface area (Å²) in [4.78, 5) is 0. The van der Waals surface area contributed by atoms with E-state index in [0.29, 0.717) is 0 Å². The first-order chi connectivity index (χ1) is 34.2. The zero-order valence-electron chi connectivity index (χ0n) is 39.4. The van der Waals surface area contributed by atoms with E-state index >= 15 is 0 Å². The zero-order chi connectivity index (χ0) is 46.6. The van der Waals surface area contributed by atoms with Crippen molar-refractivity contribution in [1.29, 1.82) is 0 Å². The fraction of sp³-hybridized carbons (Fsp3) is 0.0882. The lowest BCUT2D eigenvalue weighted by Gasteiger charge is -2.24. The standard InChI is InChI=1S/C68H46O2/c1-67(2)55-38-54-56(37-53(55)62-57(67)36-52(65-64(62)50-22-10-12-26-60(50)69-65)44-33-29-42(30-34-44)48-24-14-18-40-16-6-8-20-46(40)48)68(3,4)58-35-51(61-49-21-9-11-25-59(49)70-66(61)63(54)58)43-31-27-41(28-32-43)47-23-13-17-39-15-5-7-19-45(39)47/h5-38H,1-4H3. The molecule has 13 aromatic rings. The Labute approximate surface area is 406 Å². The van der Waals surface area contributed by atoms with Gasteiger partial charge in [0.1, 0.15) is 22.3 Å². The van der Waals surface area contributed by atoms with Gasteiger partial charge >= 0.3 is 0 Å². The lowest BCUT2D eigenvalue weighted by molar-refractivity contribution is 0.649. The van der Waals surface area contributed by atoms with Gasteiger partial charge in [0, 0.05) is 43.5 Å². The van der Waals surface area contributed by atoms with E-state index < -0.39 is 0 Å². The van der Waals surface area contributed by atoms with Crippen LogP contribution in [0.3, 0.4) is 0 Å². The van der Waals surface area contributed by atoms with Crippen LogP contribution in [-0.4, -0.2) is 0 Å². The van der Waals surface area contributed by atoms with E-state index in [0.717, 1.165) is 44.2 Å². The Morgan fingerprint density at radius 3 is 1.23 bits per heavy atom. The fourth-order valence-corrected chi connectivity index (χ4v) is 12.7. The molecule has 0 saturated carbocycles. The van der Waals surface area contributed by atoms with Crippen LogP contribution in [0.2, 0.25) is 0 Å². The summed E-state index contributed by atoms with van der Waals surface area (Å²) in [6, 6.07) is 75.9. The van der Waals surface area contributed by atoms with E-state index in [2.05, 4.69) is 234 Å². The van der Waals surface area contributed by atoms with Crippen molar-refractivity contribution in [1.82, 2.24) is 0 Å². The highest BCUT2D eigenvalue weighted by atomic mass is 16.3. The lowest BCUT2D eigenvalue weighted by atomic mass is 9.78. The van der Waals surface area contributed by atoms with Gasteiger partial charge in [-0.3, -0.25) is 0 Å². The molecule has 0 N–H and O–H groups in total. The van der Waals surface area contributed by atoms with Crippen molar-refractivity contribution >= 4 is 65.4 Å². The molecule has 15 rings (SSSR count). The Morgan fingerprint density at radius 2 is 0.671 bits per heavy atom. The van der Waals surface area contributed by atoms with E-state index in [1.165, 1.54) is 110 Å². The second-order valence-electron chi connectivity index (χ2n) is 20.7. The number of hydrogen-bond acceptors (Lipinski definition) is 2. The largest absolute Gasteiger partial charge is 0.455 e. The van der Waals surface area contributed by atoms with Gasteiger partial charge in [-0.1, -0.05) is 198 Å². The average molecular weight is 895 g/mol. The topological polar surface area (TPSA) is 26.3 Å². The third-order valence-corrected chi connectivity index (χ3v) is 16.3. The van der Waals surface area contributed by atoms with Crippen LogP contribution in [0, 0.1) is 0 Å².